The van der Waals surface area contributed by atoms with Crippen LogP contribution in [0.4, 0.5) is 11.5 Å². The van der Waals surface area contributed by atoms with E-state index in [2.05, 4.69) is 22.9 Å². The van der Waals surface area contributed by atoms with Crippen molar-refractivity contribution in [3.8, 4) is 0 Å². The molecule has 2 nitrogen and oxygen atoms in total. The molecule has 17 heavy (non-hydrogen) atoms. The molecule has 0 saturated heterocycles. The Bertz CT molecular complexity index is 457. The van der Waals surface area contributed by atoms with Gasteiger partial charge >= 0.3 is 0 Å². The van der Waals surface area contributed by atoms with E-state index in [0.717, 1.165) is 18.1 Å². The minimum atomic E-state index is 0. The summed E-state index contributed by atoms with van der Waals surface area (Å²) < 4.78 is 0. The first-order chi connectivity index (χ1) is 7.81. The van der Waals surface area contributed by atoms with E-state index in [1.54, 1.807) is 6.07 Å². The Morgan fingerprint density at radius 3 is 2.65 bits per heavy atom. The number of hydrogen-bond acceptors (Lipinski definition) is 2. The molecule has 0 aliphatic rings. The average Bonchev–Trinajstić information content (AvgIpc) is 2.31. The van der Waals surface area contributed by atoms with Crippen molar-refractivity contribution in [2.75, 3.05) is 11.4 Å². The molecular formula is C14H13N2Sc-. The number of rotatable bonds is 3. The van der Waals surface area contributed by atoms with Crippen LogP contribution in [0.1, 0.15) is 12.6 Å². The molecule has 1 aromatic carbocycles. The van der Waals surface area contributed by atoms with Gasteiger partial charge in [0.2, 0.25) is 0 Å². The Balaban J connectivity index is 0.00000144. The van der Waals surface area contributed by atoms with E-state index < -0.39 is 0 Å². The first-order valence-corrected chi connectivity index (χ1v) is 5.28. The molecule has 1 heterocycles. The number of nitrogens with zero attached hydrogens (tertiary/aromatic N) is 2. The fourth-order valence-electron chi connectivity index (χ4n) is 1.60. The Morgan fingerprint density at radius 2 is 2.06 bits per heavy atom. The van der Waals surface area contributed by atoms with Gasteiger partial charge in [-0.3, -0.25) is 0 Å². The number of anilines is 2. The molecule has 2 aromatic rings. The van der Waals surface area contributed by atoms with Gasteiger partial charge in [-0.2, -0.15) is 24.3 Å². The molecule has 3 radical (unpaired) electrons. The van der Waals surface area contributed by atoms with Gasteiger partial charge in [0.25, 0.3) is 0 Å². The summed E-state index contributed by atoms with van der Waals surface area (Å²) >= 11 is 0. The molecule has 0 bridgehead atoms. The van der Waals surface area contributed by atoms with Crippen LogP contribution >= 0.6 is 0 Å². The molecule has 0 aliphatic carbocycles. The molecule has 83 valence electrons. The quantitative estimate of drug-likeness (QED) is 0.782. The first-order valence-electron chi connectivity index (χ1n) is 5.28. The average molecular weight is 254 g/mol. The van der Waals surface area contributed by atoms with Crippen LogP contribution in [0.2, 0.25) is 0 Å². The minimum Gasteiger partial charge on any atom is -0.350 e. The smallest absolute Gasteiger partial charge is 0.131 e. The van der Waals surface area contributed by atoms with E-state index in [0.29, 0.717) is 5.69 Å². The van der Waals surface area contributed by atoms with Crippen LogP contribution in [0.5, 0.6) is 0 Å². The second kappa shape index (κ2) is 6.70. The van der Waals surface area contributed by atoms with Gasteiger partial charge in [-0.05, 0) is 19.1 Å². The van der Waals surface area contributed by atoms with Gasteiger partial charge in [-0.15, -0.1) is 6.07 Å². The summed E-state index contributed by atoms with van der Waals surface area (Å²) in [5.74, 6) is 0.852. The summed E-state index contributed by atoms with van der Waals surface area (Å²) in [6.07, 6.45) is 0. The van der Waals surface area contributed by atoms with E-state index in [9.17, 15) is 0 Å². The summed E-state index contributed by atoms with van der Waals surface area (Å²) in [4.78, 5) is 6.37. The van der Waals surface area contributed by atoms with Crippen LogP contribution in [0.25, 0.3) is 0 Å². The van der Waals surface area contributed by atoms with E-state index >= 15 is 0 Å². The largest absolute Gasteiger partial charge is 0.350 e. The van der Waals surface area contributed by atoms with Crippen molar-refractivity contribution in [2.24, 2.45) is 0 Å². The van der Waals surface area contributed by atoms with Crippen LogP contribution in [0, 0.1) is 13.0 Å². The molecule has 0 aliphatic heterocycles. The number of hydrogen-bond donors (Lipinski definition) is 0. The molecule has 0 N–H and O–H groups in total. The summed E-state index contributed by atoms with van der Waals surface area (Å²) in [7, 11) is 0. The van der Waals surface area contributed by atoms with Gasteiger partial charge in [0.1, 0.15) is 5.82 Å². The Hall–Kier alpha value is -0.960. The molecule has 0 saturated carbocycles. The summed E-state index contributed by atoms with van der Waals surface area (Å²) in [5, 5.41) is 0. The summed E-state index contributed by atoms with van der Waals surface area (Å²) in [6.45, 7) is 8.59. The van der Waals surface area contributed by atoms with Crippen LogP contribution < -0.4 is 4.90 Å². The maximum Gasteiger partial charge on any atom is 0.131 e. The zero-order valence-corrected chi connectivity index (χ0v) is 11.6. The maximum absolute atomic E-state index is 5.68. The van der Waals surface area contributed by atoms with Crippen molar-refractivity contribution >= 4 is 11.5 Å². The second-order valence-corrected chi connectivity index (χ2v) is 3.41. The number of aromatic nitrogens is 1. The standard InChI is InChI=1S/C14H13N2.Sc/c1-3-16(13-9-5-4-6-10-13)14-11-7-8-12(2)15-14;/h2,4-9,11H,3H2,1H3;/q-1;. The van der Waals surface area contributed by atoms with E-state index in [1.165, 1.54) is 0 Å². The third-order valence-corrected chi connectivity index (χ3v) is 2.33. The molecule has 0 unspecified atom stereocenters. The zero-order valence-electron chi connectivity index (χ0n) is 9.80. The monoisotopic (exact) mass is 254 g/mol. The molecular weight excluding hydrogens is 241 g/mol. The van der Waals surface area contributed by atoms with Crippen LogP contribution in [-0.4, -0.2) is 11.5 Å². The molecule has 2 rings (SSSR count). The summed E-state index contributed by atoms with van der Waals surface area (Å²) in [5.41, 5.74) is 1.54. The molecule has 0 spiro atoms. The zero-order chi connectivity index (χ0) is 11.4. The predicted octanol–water partition coefficient (Wildman–Crippen LogP) is 3.10. The van der Waals surface area contributed by atoms with E-state index in [-0.39, 0.29) is 25.8 Å². The maximum atomic E-state index is 5.68. The van der Waals surface area contributed by atoms with Crippen molar-refractivity contribution in [1.29, 1.82) is 0 Å². The van der Waals surface area contributed by atoms with Crippen molar-refractivity contribution in [2.45, 2.75) is 6.92 Å². The fraction of sp³-hybridized carbons (Fsp3) is 0.143. The SMILES string of the molecule is [CH]c1cccc(N(CC)c2[c-]cccc2)n1.[Sc]. The molecule has 0 atom stereocenters. The normalized spacial score (nSPS) is 9.53. The van der Waals surface area contributed by atoms with Crippen LogP contribution in [0.3, 0.4) is 0 Å². The van der Waals surface area contributed by atoms with Gasteiger partial charge in [-0.25, -0.2) is 4.98 Å². The predicted molar refractivity (Wildman–Crippen MR) is 65.6 cm³/mol. The van der Waals surface area contributed by atoms with Crippen molar-refractivity contribution < 1.29 is 25.8 Å². The van der Waals surface area contributed by atoms with Gasteiger partial charge in [0.15, 0.2) is 0 Å². The first kappa shape index (κ1) is 14.1. The molecule has 3 heteroatoms. The van der Waals surface area contributed by atoms with Gasteiger partial charge in [0, 0.05) is 45.0 Å². The Kier molecular flexibility index (Phi) is 5.56. The summed E-state index contributed by atoms with van der Waals surface area (Å²) in [6, 6.07) is 16.7. The van der Waals surface area contributed by atoms with Crippen molar-refractivity contribution in [3.63, 3.8) is 0 Å². The second-order valence-electron chi connectivity index (χ2n) is 3.41. The third-order valence-electron chi connectivity index (χ3n) is 2.33. The van der Waals surface area contributed by atoms with Crippen molar-refractivity contribution in [1.82, 2.24) is 4.98 Å². The van der Waals surface area contributed by atoms with Gasteiger partial charge < -0.3 is 4.90 Å². The number of pyridine rings is 1. The fourth-order valence-corrected chi connectivity index (χ4v) is 1.60. The Morgan fingerprint density at radius 1 is 1.24 bits per heavy atom. The molecule has 0 amide bonds. The Labute approximate surface area is 121 Å². The molecule has 1 aromatic heterocycles. The minimum absolute atomic E-state index is 0. The van der Waals surface area contributed by atoms with Gasteiger partial charge in [-0.1, -0.05) is 11.8 Å². The number of para-hydroxylation sites is 1. The number of benzene rings is 1. The third kappa shape index (κ3) is 3.50. The van der Waals surface area contributed by atoms with Crippen LogP contribution in [0.15, 0.2) is 42.5 Å². The molecule has 0 fully saturated rings. The van der Waals surface area contributed by atoms with Crippen molar-refractivity contribution in [3.05, 3.63) is 61.1 Å². The van der Waals surface area contributed by atoms with E-state index in [1.807, 2.05) is 36.4 Å². The van der Waals surface area contributed by atoms with Crippen LogP contribution in [-0.2, 0) is 25.8 Å². The van der Waals surface area contributed by atoms with E-state index in [4.69, 9.17) is 6.92 Å². The van der Waals surface area contributed by atoms with Gasteiger partial charge in [0.05, 0.1) is 0 Å². The topological polar surface area (TPSA) is 16.1 Å².